The summed E-state index contributed by atoms with van der Waals surface area (Å²) in [5, 5.41) is 0. The standard InChI is InChI=1S/C21H28O3/c1-19-9-10-21(23-11-12-24-21)13-14(19)3-4-15-16-5-6-18(22)20(16,2)8-7-17(15)19/h9-10,13,15-17H,3-8,11-12H2,1-2H3/t15-,16-,17-,19-,20-/m0/s1. The summed E-state index contributed by atoms with van der Waals surface area (Å²) in [4.78, 5) is 12.5. The highest BCUT2D eigenvalue weighted by Gasteiger charge is 2.59. The zero-order valence-corrected chi connectivity index (χ0v) is 14.8. The molecule has 3 saturated carbocycles. The molecule has 1 heterocycles. The highest BCUT2D eigenvalue weighted by molar-refractivity contribution is 5.87. The van der Waals surface area contributed by atoms with E-state index in [-0.39, 0.29) is 10.8 Å². The van der Waals surface area contributed by atoms with Crippen LogP contribution in [-0.4, -0.2) is 24.8 Å². The maximum absolute atomic E-state index is 12.5. The second-order valence-corrected chi connectivity index (χ2v) is 9.04. The lowest BCUT2D eigenvalue weighted by molar-refractivity contribution is -0.131. The van der Waals surface area contributed by atoms with Crippen LogP contribution in [0, 0.1) is 28.6 Å². The van der Waals surface area contributed by atoms with Gasteiger partial charge in [0.1, 0.15) is 5.78 Å². The fourth-order valence-electron chi connectivity index (χ4n) is 6.70. The number of carbonyl (C=O) groups excluding carboxylic acids is 1. The molecule has 1 spiro atoms. The largest absolute Gasteiger partial charge is 0.341 e. The zero-order valence-electron chi connectivity index (χ0n) is 14.8. The molecular weight excluding hydrogens is 300 g/mol. The van der Waals surface area contributed by atoms with Gasteiger partial charge in [-0.25, -0.2) is 0 Å². The van der Waals surface area contributed by atoms with Gasteiger partial charge in [0.05, 0.1) is 13.2 Å². The smallest absolute Gasteiger partial charge is 0.208 e. The Morgan fingerprint density at radius 1 is 1.00 bits per heavy atom. The van der Waals surface area contributed by atoms with Gasteiger partial charge in [0.2, 0.25) is 5.79 Å². The Hall–Kier alpha value is -0.930. The zero-order chi connectivity index (χ0) is 16.6. The average molecular weight is 328 g/mol. The Morgan fingerprint density at radius 2 is 1.79 bits per heavy atom. The molecule has 5 aliphatic rings. The fourth-order valence-corrected chi connectivity index (χ4v) is 6.70. The van der Waals surface area contributed by atoms with Gasteiger partial charge in [-0.05, 0) is 62.0 Å². The number of rotatable bonds is 0. The van der Waals surface area contributed by atoms with Gasteiger partial charge in [0, 0.05) is 17.3 Å². The third-order valence-electron chi connectivity index (χ3n) is 8.13. The molecule has 3 nitrogen and oxygen atoms in total. The van der Waals surface area contributed by atoms with Crippen molar-refractivity contribution in [1.29, 1.82) is 0 Å². The van der Waals surface area contributed by atoms with E-state index >= 15 is 0 Å². The minimum absolute atomic E-state index is 0.0317. The molecule has 5 atom stereocenters. The molecule has 0 N–H and O–H groups in total. The molecule has 4 aliphatic carbocycles. The van der Waals surface area contributed by atoms with E-state index in [2.05, 4.69) is 32.1 Å². The number of hydrogen-bond donors (Lipinski definition) is 0. The number of fused-ring (bicyclic) bond motifs is 5. The van der Waals surface area contributed by atoms with E-state index < -0.39 is 5.79 Å². The van der Waals surface area contributed by atoms with Crippen LogP contribution in [-0.2, 0) is 14.3 Å². The van der Waals surface area contributed by atoms with Gasteiger partial charge in [0.15, 0.2) is 0 Å². The van der Waals surface area contributed by atoms with Gasteiger partial charge in [-0.15, -0.1) is 0 Å². The average Bonchev–Trinajstić information content (AvgIpc) is 3.14. The summed E-state index contributed by atoms with van der Waals surface area (Å²) in [6, 6.07) is 0. The lowest BCUT2D eigenvalue weighted by atomic mass is 9.48. The monoisotopic (exact) mass is 328 g/mol. The summed E-state index contributed by atoms with van der Waals surface area (Å²) in [6.07, 6.45) is 13.3. The molecule has 0 amide bonds. The number of allylic oxidation sites excluding steroid dienone is 2. The first-order valence-corrected chi connectivity index (χ1v) is 9.71. The van der Waals surface area contributed by atoms with E-state index in [0.717, 1.165) is 25.7 Å². The molecular formula is C21H28O3. The van der Waals surface area contributed by atoms with E-state index in [4.69, 9.17) is 9.47 Å². The van der Waals surface area contributed by atoms with Crippen molar-refractivity contribution < 1.29 is 14.3 Å². The molecule has 24 heavy (non-hydrogen) atoms. The maximum atomic E-state index is 12.5. The number of ketones is 1. The normalized spacial score (nSPS) is 48.8. The van der Waals surface area contributed by atoms with Gasteiger partial charge in [-0.1, -0.05) is 25.5 Å². The molecule has 0 aromatic carbocycles. The van der Waals surface area contributed by atoms with Crippen LogP contribution in [0.5, 0.6) is 0 Å². The second-order valence-electron chi connectivity index (χ2n) is 9.04. The summed E-state index contributed by atoms with van der Waals surface area (Å²) >= 11 is 0. The van der Waals surface area contributed by atoms with Crippen molar-refractivity contribution in [2.75, 3.05) is 13.2 Å². The van der Waals surface area contributed by atoms with Crippen LogP contribution in [0.4, 0.5) is 0 Å². The molecule has 1 saturated heterocycles. The van der Waals surface area contributed by atoms with E-state index in [1.165, 1.54) is 18.4 Å². The molecule has 0 aromatic rings. The summed E-state index contributed by atoms with van der Waals surface area (Å²) in [6.45, 7) is 6.02. The Bertz CT molecular complexity index is 641. The predicted octanol–water partition coefficient (Wildman–Crippen LogP) is 4.04. The first kappa shape index (κ1) is 15.3. The molecule has 0 radical (unpaired) electrons. The molecule has 3 heteroatoms. The summed E-state index contributed by atoms with van der Waals surface area (Å²) in [5.41, 5.74) is 1.59. The first-order valence-electron chi connectivity index (χ1n) is 9.71. The number of Topliss-reactive ketones (excluding diaryl/α,β-unsaturated/α-hetero) is 1. The third kappa shape index (κ3) is 1.83. The van der Waals surface area contributed by atoms with Gasteiger partial charge in [0.25, 0.3) is 0 Å². The van der Waals surface area contributed by atoms with Gasteiger partial charge in [-0.2, -0.15) is 0 Å². The van der Waals surface area contributed by atoms with Crippen LogP contribution >= 0.6 is 0 Å². The topological polar surface area (TPSA) is 35.5 Å². The van der Waals surface area contributed by atoms with Crippen molar-refractivity contribution in [1.82, 2.24) is 0 Å². The summed E-state index contributed by atoms with van der Waals surface area (Å²) in [5.74, 6) is 1.90. The van der Waals surface area contributed by atoms with Crippen molar-refractivity contribution in [2.24, 2.45) is 28.6 Å². The van der Waals surface area contributed by atoms with Crippen molar-refractivity contribution in [3.05, 3.63) is 23.8 Å². The van der Waals surface area contributed by atoms with Crippen LogP contribution in [0.15, 0.2) is 23.8 Å². The van der Waals surface area contributed by atoms with Crippen molar-refractivity contribution in [3.8, 4) is 0 Å². The van der Waals surface area contributed by atoms with Gasteiger partial charge < -0.3 is 9.47 Å². The van der Waals surface area contributed by atoms with Crippen LogP contribution in [0.1, 0.15) is 52.4 Å². The first-order chi connectivity index (χ1) is 11.5. The minimum atomic E-state index is -0.589. The molecule has 4 fully saturated rings. The van der Waals surface area contributed by atoms with Crippen LogP contribution in [0.3, 0.4) is 0 Å². The molecule has 130 valence electrons. The SMILES string of the molecule is C[C@]12C=CC3(C=C1CC[C@@H]1[C@@H]2CC[C@]2(C)C(=O)CC[C@@H]12)OCCO3. The lowest BCUT2D eigenvalue weighted by Gasteiger charge is -2.56. The van der Waals surface area contributed by atoms with Crippen LogP contribution in [0.2, 0.25) is 0 Å². The third-order valence-corrected chi connectivity index (χ3v) is 8.13. The van der Waals surface area contributed by atoms with E-state index in [1.54, 1.807) is 0 Å². The fraction of sp³-hybridized carbons (Fsp3) is 0.762. The Labute approximate surface area is 144 Å². The minimum Gasteiger partial charge on any atom is -0.341 e. The van der Waals surface area contributed by atoms with Crippen LogP contribution < -0.4 is 0 Å². The summed E-state index contributed by atoms with van der Waals surface area (Å²) in [7, 11) is 0. The Morgan fingerprint density at radius 3 is 2.58 bits per heavy atom. The highest BCUT2D eigenvalue weighted by atomic mass is 16.7. The van der Waals surface area contributed by atoms with E-state index in [1.807, 2.05) is 0 Å². The number of carbonyl (C=O) groups is 1. The highest BCUT2D eigenvalue weighted by Crippen LogP contribution is 2.64. The van der Waals surface area contributed by atoms with Crippen LogP contribution in [0.25, 0.3) is 0 Å². The molecule has 0 bridgehead atoms. The predicted molar refractivity (Wildman–Crippen MR) is 91.3 cm³/mol. The molecule has 1 aliphatic heterocycles. The van der Waals surface area contributed by atoms with Gasteiger partial charge >= 0.3 is 0 Å². The number of hydrogen-bond acceptors (Lipinski definition) is 3. The van der Waals surface area contributed by atoms with Crippen molar-refractivity contribution >= 4 is 5.78 Å². The Balaban J connectivity index is 1.49. The molecule has 0 aromatic heterocycles. The van der Waals surface area contributed by atoms with Crippen molar-refractivity contribution in [2.45, 2.75) is 58.2 Å². The second kappa shape index (κ2) is 4.82. The van der Waals surface area contributed by atoms with E-state index in [0.29, 0.717) is 36.8 Å². The maximum Gasteiger partial charge on any atom is 0.208 e. The van der Waals surface area contributed by atoms with Crippen molar-refractivity contribution in [3.63, 3.8) is 0 Å². The lowest BCUT2D eigenvalue weighted by Crippen LogP contribution is -2.50. The van der Waals surface area contributed by atoms with Gasteiger partial charge in [-0.3, -0.25) is 4.79 Å². The molecule has 5 rings (SSSR count). The quantitative estimate of drug-likeness (QED) is 0.630. The Kier molecular flexibility index (Phi) is 3.08. The summed E-state index contributed by atoms with van der Waals surface area (Å²) < 4.78 is 11.8. The molecule has 0 unspecified atom stereocenters. The van der Waals surface area contributed by atoms with E-state index in [9.17, 15) is 4.79 Å². The number of ether oxygens (including phenoxy) is 2.